The first-order valence-corrected chi connectivity index (χ1v) is 10.2. The van der Waals surface area contributed by atoms with Crippen LogP contribution in [0.5, 0.6) is 0 Å². The van der Waals surface area contributed by atoms with Crippen molar-refractivity contribution in [1.29, 1.82) is 5.41 Å². The van der Waals surface area contributed by atoms with Gasteiger partial charge >= 0.3 is 5.97 Å². The molecule has 0 unspecified atom stereocenters. The lowest BCUT2D eigenvalue weighted by Gasteiger charge is -2.08. The summed E-state index contributed by atoms with van der Waals surface area (Å²) in [6, 6.07) is 12.0. The number of halogens is 2. The van der Waals surface area contributed by atoms with Crippen LogP contribution in [0.15, 0.2) is 58.3 Å². The molecule has 2 aromatic heterocycles. The molecule has 4 rings (SSSR count). The van der Waals surface area contributed by atoms with Gasteiger partial charge in [0.2, 0.25) is 5.55 Å². The second-order valence-electron chi connectivity index (χ2n) is 6.48. The zero-order valence-electron chi connectivity index (χ0n) is 16.0. The minimum atomic E-state index is -0.656. The van der Waals surface area contributed by atoms with E-state index in [1.54, 1.807) is 23.6 Å². The number of rotatable bonds is 4. The highest BCUT2D eigenvalue weighted by atomic mass is 35.5. The van der Waals surface area contributed by atoms with Gasteiger partial charge in [-0.1, -0.05) is 23.7 Å². The molecule has 1 amide bonds. The molecule has 0 atom stereocenters. The highest BCUT2D eigenvalue weighted by Crippen LogP contribution is 2.36. The third-order valence-corrected chi connectivity index (χ3v) is 5.67. The zero-order chi connectivity index (χ0) is 22.1. The number of amides is 1. The van der Waals surface area contributed by atoms with Crippen molar-refractivity contribution >= 4 is 50.8 Å². The Morgan fingerprint density at radius 2 is 1.90 bits per heavy atom. The van der Waals surface area contributed by atoms with Gasteiger partial charge in [-0.05, 0) is 42.0 Å². The first-order valence-electron chi connectivity index (χ1n) is 8.92. The molecule has 0 saturated carbocycles. The van der Waals surface area contributed by atoms with Crippen LogP contribution in [0.2, 0.25) is 5.02 Å². The molecular formula is C22H14ClFN2O4S. The molecule has 0 saturated heterocycles. The lowest BCUT2D eigenvalue weighted by atomic mass is 10.0. The molecule has 0 aliphatic carbocycles. The van der Waals surface area contributed by atoms with Crippen molar-refractivity contribution in [1.82, 2.24) is 0 Å². The van der Waals surface area contributed by atoms with Crippen molar-refractivity contribution in [3.8, 4) is 11.1 Å². The maximum absolute atomic E-state index is 13.3. The minimum Gasteiger partial charge on any atom is -0.465 e. The molecule has 0 bridgehead atoms. The Labute approximate surface area is 184 Å². The Balaban J connectivity index is 1.74. The number of benzene rings is 2. The summed E-state index contributed by atoms with van der Waals surface area (Å²) in [5, 5.41) is 13.6. The van der Waals surface area contributed by atoms with E-state index in [0.717, 1.165) is 11.3 Å². The van der Waals surface area contributed by atoms with Gasteiger partial charge in [-0.2, -0.15) is 0 Å². The fourth-order valence-electron chi connectivity index (χ4n) is 3.05. The molecule has 2 heterocycles. The molecule has 4 aromatic rings. The summed E-state index contributed by atoms with van der Waals surface area (Å²) in [5.74, 6) is -1.69. The number of hydrogen-bond acceptors (Lipinski definition) is 6. The van der Waals surface area contributed by atoms with Gasteiger partial charge in [-0.15, -0.1) is 11.3 Å². The number of carbonyl (C=O) groups excluding carboxylic acids is 2. The number of thiophene rings is 1. The van der Waals surface area contributed by atoms with E-state index in [1.165, 1.54) is 37.4 Å². The van der Waals surface area contributed by atoms with Crippen LogP contribution >= 0.6 is 22.9 Å². The maximum atomic E-state index is 13.3. The van der Waals surface area contributed by atoms with E-state index >= 15 is 0 Å². The zero-order valence-corrected chi connectivity index (χ0v) is 17.6. The first kappa shape index (κ1) is 20.8. The van der Waals surface area contributed by atoms with Crippen molar-refractivity contribution < 1.29 is 23.1 Å². The molecule has 2 N–H and O–H groups in total. The number of esters is 1. The number of carbonyl (C=O) groups is 2. The molecule has 0 aliphatic rings. The van der Waals surface area contributed by atoms with E-state index in [9.17, 15) is 14.0 Å². The van der Waals surface area contributed by atoms with Crippen LogP contribution in [-0.2, 0) is 4.74 Å². The lowest BCUT2D eigenvalue weighted by molar-refractivity contribution is 0.0603. The Hall–Kier alpha value is -3.49. The Kier molecular flexibility index (Phi) is 5.58. The Morgan fingerprint density at radius 3 is 2.61 bits per heavy atom. The number of fused-ring (bicyclic) bond motifs is 1. The van der Waals surface area contributed by atoms with Crippen molar-refractivity contribution in [3.63, 3.8) is 0 Å². The lowest BCUT2D eigenvalue weighted by Crippen LogP contribution is -2.21. The molecule has 6 nitrogen and oxygen atoms in total. The molecule has 9 heteroatoms. The molecule has 156 valence electrons. The van der Waals surface area contributed by atoms with Gasteiger partial charge in [0.05, 0.1) is 7.11 Å². The summed E-state index contributed by atoms with van der Waals surface area (Å²) in [7, 11) is 1.23. The summed E-state index contributed by atoms with van der Waals surface area (Å²) >= 11 is 7.11. The number of ether oxygens (including phenoxy) is 1. The summed E-state index contributed by atoms with van der Waals surface area (Å²) in [6.07, 6.45) is 0. The van der Waals surface area contributed by atoms with E-state index in [0.29, 0.717) is 27.1 Å². The maximum Gasteiger partial charge on any atom is 0.341 e. The molecule has 0 fully saturated rings. The SMILES string of the molecule is COC(=O)c1c(-c2ccc(F)cc2)csc1NC(=O)c1cc2cc(Cl)ccc2oc1=N. The largest absolute Gasteiger partial charge is 0.465 e. The van der Waals surface area contributed by atoms with Crippen molar-refractivity contribution in [2.45, 2.75) is 0 Å². The third kappa shape index (κ3) is 4.08. The number of nitrogens with one attached hydrogen (secondary N) is 2. The molecule has 0 spiro atoms. The highest BCUT2D eigenvalue weighted by Gasteiger charge is 2.23. The second kappa shape index (κ2) is 8.33. The molecule has 0 radical (unpaired) electrons. The van der Waals surface area contributed by atoms with Gasteiger partial charge in [-0.3, -0.25) is 10.2 Å². The summed E-state index contributed by atoms with van der Waals surface area (Å²) in [4.78, 5) is 25.3. The van der Waals surface area contributed by atoms with E-state index in [2.05, 4.69) is 5.32 Å². The highest BCUT2D eigenvalue weighted by molar-refractivity contribution is 7.15. The average molecular weight is 457 g/mol. The van der Waals surface area contributed by atoms with E-state index in [1.807, 2.05) is 0 Å². The van der Waals surface area contributed by atoms with Gasteiger partial charge in [0.25, 0.3) is 5.91 Å². The molecule has 31 heavy (non-hydrogen) atoms. The Bertz CT molecular complexity index is 1380. The van der Waals surface area contributed by atoms with Crippen LogP contribution < -0.4 is 10.9 Å². The number of hydrogen-bond donors (Lipinski definition) is 2. The van der Waals surface area contributed by atoms with Crippen LogP contribution in [0.25, 0.3) is 22.1 Å². The van der Waals surface area contributed by atoms with Crippen molar-refractivity contribution in [2.75, 3.05) is 12.4 Å². The van der Waals surface area contributed by atoms with Crippen molar-refractivity contribution in [2.24, 2.45) is 0 Å². The number of methoxy groups -OCH3 is 1. The second-order valence-corrected chi connectivity index (χ2v) is 7.79. The van der Waals surface area contributed by atoms with Crippen LogP contribution in [-0.4, -0.2) is 19.0 Å². The predicted octanol–water partition coefficient (Wildman–Crippen LogP) is 5.47. The summed E-state index contributed by atoms with van der Waals surface area (Å²) in [6.45, 7) is 0. The van der Waals surface area contributed by atoms with E-state index < -0.39 is 17.7 Å². The minimum absolute atomic E-state index is 0.0256. The van der Waals surface area contributed by atoms with Gasteiger partial charge in [0.15, 0.2) is 0 Å². The predicted molar refractivity (Wildman–Crippen MR) is 116 cm³/mol. The van der Waals surface area contributed by atoms with E-state index in [-0.39, 0.29) is 21.7 Å². The fraction of sp³-hybridized carbons (Fsp3) is 0.0455. The molecule has 2 aromatic carbocycles. The fourth-order valence-corrected chi connectivity index (χ4v) is 4.18. The molecular weight excluding hydrogens is 443 g/mol. The normalized spacial score (nSPS) is 10.8. The standard InChI is InChI=1S/C22H14ClFN2O4S/c1-29-22(28)18-16(11-2-5-14(24)6-3-11)10-31-21(18)26-20(27)15-9-12-8-13(23)4-7-17(12)30-19(15)25/h2-10,25H,1H3,(H,26,27). The average Bonchev–Trinajstić information content (AvgIpc) is 3.16. The topological polar surface area (TPSA) is 92.4 Å². The smallest absolute Gasteiger partial charge is 0.341 e. The molecule has 0 aliphatic heterocycles. The number of anilines is 1. The van der Waals surface area contributed by atoms with Gasteiger partial charge in [0.1, 0.15) is 27.5 Å². The quantitative estimate of drug-likeness (QED) is 0.398. The summed E-state index contributed by atoms with van der Waals surface area (Å²) < 4.78 is 23.6. The van der Waals surface area contributed by atoms with Crippen LogP contribution in [0.3, 0.4) is 0 Å². The van der Waals surface area contributed by atoms with Crippen molar-refractivity contribution in [3.05, 3.63) is 81.4 Å². The summed E-state index contributed by atoms with van der Waals surface area (Å²) in [5.41, 5.74) is 1.28. The van der Waals surface area contributed by atoms with E-state index in [4.69, 9.17) is 26.2 Å². The van der Waals surface area contributed by atoms with Crippen LogP contribution in [0, 0.1) is 11.2 Å². The first-order chi connectivity index (χ1) is 14.9. The van der Waals surface area contributed by atoms with Gasteiger partial charge in [-0.25, -0.2) is 9.18 Å². The third-order valence-electron chi connectivity index (χ3n) is 4.54. The monoisotopic (exact) mass is 456 g/mol. The van der Waals surface area contributed by atoms with Gasteiger partial charge < -0.3 is 14.5 Å². The Morgan fingerprint density at radius 1 is 1.16 bits per heavy atom. The van der Waals surface area contributed by atoms with Gasteiger partial charge in [0, 0.05) is 21.4 Å². The van der Waals surface area contributed by atoms with Crippen LogP contribution in [0.1, 0.15) is 20.7 Å². The van der Waals surface area contributed by atoms with Crippen LogP contribution in [0.4, 0.5) is 9.39 Å².